The molecule has 1 N–H and O–H groups in total. The van der Waals surface area contributed by atoms with Crippen molar-refractivity contribution >= 4 is 44.8 Å². The third-order valence-corrected chi connectivity index (χ3v) is 4.49. The number of rotatable bonds is 6. The average Bonchev–Trinajstić information content (AvgIpc) is 2.82. The van der Waals surface area contributed by atoms with Crippen LogP contribution in [0.25, 0.3) is 10.1 Å². The smallest absolute Gasteiger partial charge is 0.306 e. The van der Waals surface area contributed by atoms with Crippen molar-refractivity contribution in [3.8, 4) is 5.75 Å². The second-order valence-electron chi connectivity index (χ2n) is 4.73. The van der Waals surface area contributed by atoms with Crippen molar-refractivity contribution in [3.63, 3.8) is 0 Å². The van der Waals surface area contributed by atoms with Gasteiger partial charge in [0.25, 0.3) is 0 Å². The van der Waals surface area contributed by atoms with Gasteiger partial charge in [-0.2, -0.15) is 0 Å². The van der Waals surface area contributed by atoms with Crippen molar-refractivity contribution in [1.82, 2.24) is 0 Å². The van der Waals surface area contributed by atoms with Gasteiger partial charge in [0.15, 0.2) is 5.78 Å². The largest absolute Gasteiger partial charge is 0.492 e. The summed E-state index contributed by atoms with van der Waals surface area (Å²) in [4.78, 5) is 23.5. The van der Waals surface area contributed by atoms with Gasteiger partial charge in [-0.05, 0) is 30.5 Å². The number of hydrogen-bond donors (Lipinski definition) is 1. The normalized spacial score (nSPS) is 12.3. The second kappa shape index (κ2) is 6.45. The van der Waals surface area contributed by atoms with E-state index in [9.17, 15) is 9.59 Å². The highest BCUT2D eigenvalue weighted by molar-refractivity contribution is 7.20. The van der Waals surface area contributed by atoms with E-state index >= 15 is 0 Å². The molecule has 0 aliphatic rings. The highest BCUT2D eigenvalue weighted by atomic mass is 35.5. The van der Waals surface area contributed by atoms with Gasteiger partial charge in [0.05, 0.1) is 22.4 Å². The SMILES string of the molecule is CCOc1cc2sc(C(=O)C[C@H](C)C(=O)O)cc2cc1Cl. The minimum Gasteiger partial charge on any atom is -0.492 e. The molecule has 112 valence electrons. The summed E-state index contributed by atoms with van der Waals surface area (Å²) >= 11 is 7.44. The van der Waals surface area contributed by atoms with Gasteiger partial charge in [-0.1, -0.05) is 18.5 Å². The van der Waals surface area contributed by atoms with Crippen LogP contribution in [-0.2, 0) is 4.79 Å². The molecule has 1 aromatic carbocycles. The van der Waals surface area contributed by atoms with Gasteiger partial charge in [-0.15, -0.1) is 11.3 Å². The number of thiophene rings is 1. The van der Waals surface area contributed by atoms with Crippen LogP contribution >= 0.6 is 22.9 Å². The first-order valence-corrected chi connectivity index (χ1v) is 7.73. The molecule has 0 spiro atoms. The molecular weight excluding hydrogens is 312 g/mol. The summed E-state index contributed by atoms with van der Waals surface area (Å²) in [6.45, 7) is 3.91. The molecule has 2 rings (SSSR count). The van der Waals surface area contributed by atoms with Crippen LogP contribution in [0.2, 0.25) is 5.02 Å². The second-order valence-corrected chi connectivity index (χ2v) is 6.22. The van der Waals surface area contributed by atoms with E-state index in [2.05, 4.69) is 0 Å². The summed E-state index contributed by atoms with van der Waals surface area (Å²) in [5.74, 6) is -1.23. The Morgan fingerprint density at radius 2 is 2.10 bits per heavy atom. The summed E-state index contributed by atoms with van der Waals surface area (Å²) in [6, 6.07) is 5.32. The van der Waals surface area contributed by atoms with E-state index in [0.29, 0.717) is 22.3 Å². The Balaban J connectivity index is 2.30. The molecule has 1 aromatic heterocycles. The fourth-order valence-electron chi connectivity index (χ4n) is 1.91. The van der Waals surface area contributed by atoms with Gasteiger partial charge in [0, 0.05) is 11.1 Å². The number of ether oxygens (including phenoxy) is 1. The van der Waals surface area contributed by atoms with Crippen LogP contribution in [-0.4, -0.2) is 23.5 Å². The lowest BCUT2D eigenvalue weighted by atomic mass is 10.0. The molecule has 0 bridgehead atoms. The molecule has 0 saturated heterocycles. The number of carbonyl (C=O) groups excluding carboxylic acids is 1. The van der Waals surface area contributed by atoms with E-state index in [0.717, 1.165) is 10.1 Å². The van der Waals surface area contributed by atoms with Gasteiger partial charge in [0.2, 0.25) is 0 Å². The van der Waals surface area contributed by atoms with Crippen molar-refractivity contribution in [2.45, 2.75) is 20.3 Å². The van der Waals surface area contributed by atoms with E-state index in [1.165, 1.54) is 18.3 Å². The summed E-state index contributed by atoms with van der Waals surface area (Å²) in [7, 11) is 0. The number of carboxylic acid groups (broad SMARTS) is 1. The van der Waals surface area contributed by atoms with E-state index in [4.69, 9.17) is 21.4 Å². The lowest BCUT2D eigenvalue weighted by Gasteiger charge is -2.04. The molecule has 0 fully saturated rings. The first-order chi connectivity index (χ1) is 9.92. The van der Waals surface area contributed by atoms with Gasteiger partial charge in [-0.3, -0.25) is 9.59 Å². The Morgan fingerprint density at radius 1 is 1.38 bits per heavy atom. The lowest BCUT2D eigenvalue weighted by molar-refractivity contribution is -0.141. The molecule has 0 aliphatic carbocycles. The van der Waals surface area contributed by atoms with Crippen molar-refractivity contribution in [2.75, 3.05) is 6.61 Å². The zero-order valence-corrected chi connectivity index (χ0v) is 13.3. The molecule has 21 heavy (non-hydrogen) atoms. The quantitative estimate of drug-likeness (QED) is 0.806. The number of carbonyl (C=O) groups is 2. The maximum Gasteiger partial charge on any atom is 0.306 e. The average molecular weight is 327 g/mol. The Hall–Kier alpha value is -1.59. The Kier molecular flexibility index (Phi) is 4.85. The molecule has 1 heterocycles. The monoisotopic (exact) mass is 326 g/mol. The molecule has 2 aromatic rings. The van der Waals surface area contributed by atoms with E-state index in [1.807, 2.05) is 13.0 Å². The number of aliphatic carboxylic acids is 1. The van der Waals surface area contributed by atoms with Crippen molar-refractivity contribution in [2.24, 2.45) is 5.92 Å². The molecular formula is C15H15ClO4S. The topological polar surface area (TPSA) is 63.6 Å². The minimum atomic E-state index is -0.967. The Labute approximate surface area is 131 Å². The summed E-state index contributed by atoms with van der Waals surface area (Å²) in [5.41, 5.74) is 0. The maximum atomic E-state index is 12.1. The molecule has 0 amide bonds. The summed E-state index contributed by atoms with van der Waals surface area (Å²) < 4.78 is 6.32. The van der Waals surface area contributed by atoms with Gasteiger partial charge in [-0.25, -0.2) is 0 Å². The summed E-state index contributed by atoms with van der Waals surface area (Å²) in [5, 5.41) is 10.2. The Bertz CT molecular complexity index is 692. The molecule has 0 saturated carbocycles. The number of benzene rings is 1. The molecule has 4 nitrogen and oxygen atoms in total. The number of ketones is 1. The van der Waals surface area contributed by atoms with Crippen LogP contribution in [0, 0.1) is 5.92 Å². The lowest BCUT2D eigenvalue weighted by Crippen LogP contribution is -2.13. The third-order valence-electron chi connectivity index (χ3n) is 3.06. The molecule has 0 unspecified atom stereocenters. The number of halogens is 1. The number of carboxylic acids is 1. The Morgan fingerprint density at radius 3 is 2.71 bits per heavy atom. The van der Waals surface area contributed by atoms with Crippen LogP contribution in [0.3, 0.4) is 0 Å². The van der Waals surface area contributed by atoms with Crippen LogP contribution < -0.4 is 4.74 Å². The van der Waals surface area contributed by atoms with Crippen molar-refractivity contribution in [3.05, 3.63) is 28.1 Å². The zero-order chi connectivity index (χ0) is 15.6. The first kappa shape index (κ1) is 15.8. The number of Topliss-reactive ketones (excluding diaryl/α,β-unsaturated/α-hetero) is 1. The molecule has 6 heteroatoms. The third kappa shape index (κ3) is 3.54. The van der Waals surface area contributed by atoms with Gasteiger partial charge in [0.1, 0.15) is 5.75 Å². The molecule has 0 radical (unpaired) electrons. The van der Waals surface area contributed by atoms with Crippen LogP contribution in [0.4, 0.5) is 0 Å². The summed E-state index contributed by atoms with van der Waals surface area (Å²) in [6.07, 6.45) is -0.00575. The van der Waals surface area contributed by atoms with E-state index in [1.54, 1.807) is 12.1 Å². The maximum absolute atomic E-state index is 12.1. The van der Waals surface area contributed by atoms with E-state index in [-0.39, 0.29) is 12.2 Å². The van der Waals surface area contributed by atoms with Crippen molar-refractivity contribution < 1.29 is 19.4 Å². The van der Waals surface area contributed by atoms with Crippen LogP contribution in [0.15, 0.2) is 18.2 Å². The number of fused-ring (bicyclic) bond motifs is 1. The highest BCUT2D eigenvalue weighted by Gasteiger charge is 2.19. The van der Waals surface area contributed by atoms with E-state index < -0.39 is 11.9 Å². The predicted molar refractivity (Wildman–Crippen MR) is 83.8 cm³/mol. The standard InChI is InChI=1S/C15H15ClO4S/c1-3-20-12-7-13-9(5-10(12)16)6-14(21-13)11(17)4-8(2)15(18)19/h5-8H,3-4H2,1-2H3,(H,18,19)/t8-/m0/s1. The highest BCUT2D eigenvalue weighted by Crippen LogP contribution is 2.35. The first-order valence-electron chi connectivity index (χ1n) is 6.54. The number of hydrogen-bond acceptors (Lipinski definition) is 4. The van der Waals surface area contributed by atoms with Crippen LogP contribution in [0.5, 0.6) is 5.75 Å². The van der Waals surface area contributed by atoms with Gasteiger partial charge < -0.3 is 9.84 Å². The van der Waals surface area contributed by atoms with Crippen LogP contribution in [0.1, 0.15) is 29.9 Å². The molecule has 0 aliphatic heterocycles. The zero-order valence-electron chi connectivity index (χ0n) is 11.7. The fraction of sp³-hybridized carbons (Fsp3) is 0.333. The fourth-order valence-corrected chi connectivity index (χ4v) is 3.16. The minimum absolute atomic E-state index is 0.00575. The van der Waals surface area contributed by atoms with Crippen molar-refractivity contribution in [1.29, 1.82) is 0 Å². The predicted octanol–water partition coefficient (Wildman–Crippen LogP) is 4.25. The van der Waals surface area contributed by atoms with Gasteiger partial charge >= 0.3 is 5.97 Å². The molecule has 1 atom stereocenters.